The van der Waals surface area contributed by atoms with Crippen molar-refractivity contribution in [2.45, 2.75) is 50.2 Å². The van der Waals surface area contributed by atoms with Crippen LogP contribution in [-0.2, 0) is 33.6 Å². The Morgan fingerprint density at radius 2 is 1.49 bits per heavy atom. The number of carbonyl (C=O) groups is 3. The number of phenols is 1. The maximum atomic E-state index is 13.4. The Labute approximate surface area is 229 Å². The summed E-state index contributed by atoms with van der Waals surface area (Å²) in [5.74, 6) is -0.767. The Balaban J connectivity index is 1.39. The third-order valence-electron chi connectivity index (χ3n) is 7.02. The van der Waals surface area contributed by atoms with E-state index in [9.17, 15) is 19.5 Å². The van der Waals surface area contributed by atoms with Crippen LogP contribution in [0, 0.1) is 0 Å². The highest BCUT2D eigenvalue weighted by Crippen LogP contribution is 2.20. The average molecular weight is 529 g/mol. The van der Waals surface area contributed by atoms with E-state index in [2.05, 4.69) is 10.6 Å². The van der Waals surface area contributed by atoms with Gasteiger partial charge < -0.3 is 26.4 Å². The lowest BCUT2D eigenvalue weighted by atomic mass is 10.0. The third-order valence-corrected chi connectivity index (χ3v) is 7.02. The molecule has 0 unspecified atom stereocenters. The van der Waals surface area contributed by atoms with E-state index in [-0.39, 0.29) is 23.5 Å². The van der Waals surface area contributed by atoms with Gasteiger partial charge in [0, 0.05) is 19.5 Å². The largest absolute Gasteiger partial charge is 0.508 e. The Bertz CT molecular complexity index is 1230. The first kappa shape index (κ1) is 27.9. The first-order valence-corrected chi connectivity index (χ1v) is 13.4. The highest BCUT2D eigenvalue weighted by atomic mass is 16.3. The second kappa shape index (κ2) is 13.6. The quantitative estimate of drug-likeness (QED) is 0.304. The summed E-state index contributed by atoms with van der Waals surface area (Å²) < 4.78 is 0. The van der Waals surface area contributed by atoms with Crippen LogP contribution in [0.15, 0.2) is 84.9 Å². The molecular formula is C31H36N4O4. The SMILES string of the molecule is N[C@@H](Cc1ccc(O)cc1)C(=O)N1CCC[C@H]1C(=O)N[C@@H](Cc1ccccc1)C(=O)NCCc1ccccc1. The molecule has 5 N–H and O–H groups in total. The molecule has 0 saturated carbocycles. The first-order valence-electron chi connectivity index (χ1n) is 13.4. The molecule has 1 aliphatic rings. The van der Waals surface area contributed by atoms with Crippen molar-refractivity contribution in [3.05, 3.63) is 102 Å². The van der Waals surface area contributed by atoms with Gasteiger partial charge in [0.1, 0.15) is 17.8 Å². The van der Waals surface area contributed by atoms with Crippen LogP contribution >= 0.6 is 0 Å². The van der Waals surface area contributed by atoms with Crippen molar-refractivity contribution in [1.82, 2.24) is 15.5 Å². The van der Waals surface area contributed by atoms with Crippen molar-refractivity contribution in [1.29, 1.82) is 0 Å². The van der Waals surface area contributed by atoms with Crippen molar-refractivity contribution < 1.29 is 19.5 Å². The molecule has 3 aromatic rings. The van der Waals surface area contributed by atoms with E-state index in [0.717, 1.165) is 16.7 Å². The lowest BCUT2D eigenvalue weighted by Crippen LogP contribution is -2.56. The van der Waals surface area contributed by atoms with Crippen LogP contribution in [-0.4, -0.2) is 58.9 Å². The Morgan fingerprint density at radius 1 is 0.872 bits per heavy atom. The predicted octanol–water partition coefficient (Wildman–Crippen LogP) is 2.34. The standard InChI is InChI=1S/C31H36N4O4/c32-26(20-24-13-15-25(36)16-14-24)31(39)35-19-7-12-28(35)30(38)34-27(21-23-10-5-2-6-11-23)29(37)33-18-17-22-8-3-1-4-9-22/h1-6,8-11,13-16,26-28,36H,7,12,17-21,32H2,(H,33,37)(H,34,38)/t26-,27-,28-/m0/s1. The molecule has 4 rings (SSSR count). The van der Waals surface area contributed by atoms with E-state index in [0.29, 0.717) is 45.2 Å². The molecule has 39 heavy (non-hydrogen) atoms. The highest BCUT2D eigenvalue weighted by molar-refractivity contribution is 5.93. The fraction of sp³-hybridized carbons (Fsp3) is 0.323. The summed E-state index contributed by atoms with van der Waals surface area (Å²) in [5.41, 5.74) is 9.10. The van der Waals surface area contributed by atoms with Crippen LogP contribution < -0.4 is 16.4 Å². The minimum absolute atomic E-state index is 0.143. The van der Waals surface area contributed by atoms with E-state index in [1.165, 1.54) is 4.90 Å². The van der Waals surface area contributed by atoms with Crippen LogP contribution in [0.5, 0.6) is 5.75 Å². The van der Waals surface area contributed by atoms with Crippen LogP contribution in [0.1, 0.15) is 29.5 Å². The average Bonchev–Trinajstić information content (AvgIpc) is 3.45. The molecule has 1 heterocycles. The van der Waals surface area contributed by atoms with E-state index in [1.54, 1.807) is 24.3 Å². The maximum Gasteiger partial charge on any atom is 0.243 e. The minimum atomic E-state index is -0.815. The Hall–Kier alpha value is -4.17. The molecule has 3 aromatic carbocycles. The van der Waals surface area contributed by atoms with Gasteiger partial charge in [-0.1, -0.05) is 72.8 Å². The number of likely N-dealkylation sites (tertiary alicyclic amines) is 1. The third kappa shape index (κ3) is 7.91. The molecule has 3 amide bonds. The van der Waals surface area contributed by atoms with Gasteiger partial charge in [-0.15, -0.1) is 0 Å². The number of aromatic hydroxyl groups is 1. The molecule has 8 nitrogen and oxygen atoms in total. The maximum absolute atomic E-state index is 13.4. The minimum Gasteiger partial charge on any atom is -0.508 e. The number of hydrogen-bond donors (Lipinski definition) is 4. The number of nitrogens with two attached hydrogens (primary N) is 1. The van der Waals surface area contributed by atoms with E-state index < -0.39 is 18.1 Å². The molecule has 0 aliphatic carbocycles. The van der Waals surface area contributed by atoms with Crippen molar-refractivity contribution in [3.63, 3.8) is 0 Å². The van der Waals surface area contributed by atoms with E-state index in [1.807, 2.05) is 60.7 Å². The lowest BCUT2D eigenvalue weighted by Gasteiger charge is -2.28. The fourth-order valence-corrected chi connectivity index (χ4v) is 4.91. The van der Waals surface area contributed by atoms with Gasteiger partial charge in [-0.3, -0.25) is 14.4 Å². The van der Waals surface area contributed by atoms with Gasteiger partial charge in [0.05, 0.1) is 6.04 Å². The molecule has 0 spiro atoms. The molecule has 1 aliphatic heterocycles. The first-order chi connectivity index (χ1) is 18.9. The molecular weight excluding hydrogens is 492 g/mol. The summed E-state index contributed by atoms with van der Waals surface area (Å²) in [6.45, 7) is 0.886. The van der Waals surface area contributed by atoms with Gasteiger partial charge >= 0.3 is 0 Å². The van der Waals surface area contributed by atoms with Crippen LogP contribution in [0.4, 0.5) is 0 Å². The van der Waals surface area contributed by atoms with Gasteiger partial charge in [0.25, 0.3) is 0 Å². The van der Waals surface area contributed by atoms with Crippen molar-refractivity contribution in [2.75, 3.05) is 13.1 Å². The number of phenolic OH excluding ortho intramolecular Hbond substituents is 1. The summed E-state index contributed by atoms with van der Waals surface area (Å²) in [6, 6.07) is 23.7. The number of benzene rings is 3. The van der Waals surface area contributed by atoms with Crippen LogP contribution in [0.2, 0.25) is 0 Å². The van der Waals surface area contributed by atoms with Crippen molar-refractivity contribution in [3.8, 4) is 5.75 Å². The van der Waals surface area contributed by atoms with E-state index in [4.69, 9.17) is 5.73 Å². The fourth-order valence-electron chi connectivity index (χ4n) is 4.91. The molecule has 1 saturated heterocycles. The normalized spacial score (nSPS) is 16.3. The highest BCUT2D eigenvalue weighted by Gasteiger charge is 2.37. The number of rotatable bonds is 11. The second-order valence-corrected chi connectivity index (χ2v) is 9.94. The van der Waals surface area contributed by atoms with Gasteiger partial charge in [-0.25, -0.2) is 0 Å². The molecule has 1 fully saturated rings. The van der Waals surface area contributed by atoms with E-state index >= 15 is 0 Å². The molecule has 0 bridgehead atoms. The summed E-state index contributed by atoms with van der Waals surface area (Å²) in [6.07, 6.45) is 2.51. The smallest absolute Gasteiger partial charge is 0.243 e. The summed E-state index contributed by atoms with van der Waals surface area (Å²) in [5, 5.41) is 15.4. The summed E-state index contributed by atoms with van der Waals surface area (Å²) in [4.78, 5) is 41.4. The topological polar surface area (TPSA) is 125 Å². The number of nitrogens with one attached hydrogen (secondary N) is 2. The number of amides is 3. The summed E-state index contributed by atoms with van der Waals surface area (Å²) >= 11 is 0. The Kier molecular flexibility index (Phi) is 9.69. The zero-order valence-electron chi connectivity index (χ0n) is 22.0. The molecule has 0 aromatic heterocycles. The number of hydrogen-bond acceptors (Lipinski definition) is 5. The molecule has 0 radical (unpaired) electrons. The summed E-state index contributed by atoms with van der Waals surface area (Å²) in [7, 11) is 0. The second-order valence-electron chi connectivity index (χ2n) is 9.94. The zero-order valence-corrected chi connectivity index (χ0v) is 22.0. The monoisotopic (exact) mass is 528 g/mol. The van der Waals surface area contributed by atoms with Gasteiger partial charge in [0.2, 0.25) is 17.7 Å². The molecule has 204 valence electrons. The van der Waals surface area contributed by atoms with Crippen LogP contribution in [0.25, 0.3) is 0 Å². The Morgan fingerprint density at radius 3 is 2.15 bits per heavy atom. The van der Waals surface area contributed by atoms with Crippen molar-refractivity contribution in [2.24, 2.45) is 5.73 Å². The molecule has 8 heteroatoms. The van der Waals surface area contributed by atoms with Gasteiger partial charge in [-0.05, 0) is 54.5 Å². The van der Waals surface area contributed by atoms with Crippen LogP contribution in [0.3, 0.4) is 0 Å². The van der Waals surface area contributed by atoms with Gasteiger partial charge in [0.15, 0.2) is 0 Å². The van der Waals surface area contributed by atoms with Crippen molar-refractivity contribution >= 4 is 17.7 Å². The number of carbonyl (C=O) groups excluding carboxylic acids is 3. The zero-order chi connectivity index (χ0) is 27.6. The lowest BCUT2D eigenvalue weighted by molar-refractivity contribution is -0.140. The van der Waals surface area contributed by atoms with Gasteiger partial charge in [-0.2, -0.15) is 0 Å². The molecule has 3 atom stereocenters. The number of nitrogens with zero attached hydrogens (tertiary/aromatic N) is 1. The predicted molar refractivity (Wildman–Crippen MR) is 150 cm³/mol.